The largest absolute Gasteiger partial charge is 0.339 e. The highest BCUT2D eigenvalue weighted by molar-refractivity contribution is 6.30. The zero-order valence-corrected chi connectivity index (χ0v) is 13.4. The van der Waals surface area contributed by atoms with Crippen molar-refractivity contribution in [3.63, 3.8) is 0 Å². The maximum Gasteiger partial charge on any atom is 0.149 e. The molecule has 0 unspecified atom stereocenters. The van der Waals surface area contributed by atoms with Crippen LogP contribution in [-0.2, 0) is 6.42 Å². The number of rotatable bonds is 1. The van der Waals surface area contributed by atoms with Crippen molar-refractivity contribution in [3.8, 4) is 5.69 Å². The summed E-state index contributed by atoms with van der Waals surface area (Å²) in [5.41, 5.74) is 3.42. The highest BCUT2D eigenvalue weighted by Gasteiger charge is 2.24. The first-order valence-electron chi connectivity index (χ1n) is 7.50. The van der Waals surface area contributed by atoms with Crippen molar-refractivity contribution in [1.82, 2.24) is 9.55 Å². The van der Waals surface area contributed by atoms with Crippen LogP contribution in [-0.4, -0.2) is 16.1 Å². The van der Waals surface area contributed by atoms with Crippen LogP contribution in [0.4, 0.5) is 15.8 Å². The molecule has 0 fully saturated rings. The summed E-state index contributed by atoms with van der Waals surface area (Å²) in [4.78, 5) is 6.48. The quantitative estimate of drug-likeness (QED) is 0.647. The smallest absolute Gasteiger partial charge is 0.149 e. The van der Waals surface area contributed by atoms with E-state index in [-0.39, 0.29) is 5.82 Å². The molecule has 0 saturated heterocycles. The molecule has 1 aliphatic heterocycles. The Morgan fingerprint density at radius 3 is 2.70 bits per heavy atom. The topological polar surface area (TPSA) is 21.1 Å². The van der Waals surface area contributed by atoms with Crippen molar-refractivity contribution < 1.29 is 4.39 Å². The first-order valence-corrected chi connectivity index (χ1v) is 7.88. The van der Waals surface area contributed by atoms with Crippen molar-refractivity contribution in [2.45, 2.75) is 13.3 Å². The fraction of sp³-hybridized carbons (Fsp3) is 0.167. The average molecular weight is 328 g/mol. The Labute approximate surface area is 139 Å². The van der Waals surface area contributed by atoms with Gasteiger partial charge in [-0.25, -0.2) is 9.37 Å². The molecular weight excluding hydrogens is 313 g/mol. The minimum absolute atomic E-state index is 0.245. The molecule has 0 amide bonds. The Bertz CT molecular complexity index is 870. The molecule has 0 bridgehead atoms. The van der Waals surface area contributed by atoms with Crippen LogP contribution in [0, 0.1) is 12.7 Å². The number of fused-ring (bicyclic) bond motifs is 3. The third-order valence-electron chi connectivity index (χ3n) is 4.22. The molecule has 0 atom stereocenters. The first kappa shape index (κ1) is 14.3. The van der Waals surface area contributed by atoms with Crippen LogP contribution in [0.2, 0.25) is 5.02 Å². The van der Waals surface area contributed by atoms with Crippen LogP contribution < -0.4 is 4.90 Å². The van der Waals surface area contributed by atoms with Gasteiger partial charge < -0.3 is 4.90 Å². The average Bonchev–Trinajstić information content (AvgIpc) is 2.81. The van der Waals surface area contributed by atoms with Crippen LogP contribution in [0.1, 0.15) is 11.5 Å². The van der Waals surface area contributed by atoms with E-state index in [2.05, 4.69) is 9.88 Å². The zero-order chi connectivity index (χ0) is 16.0. The summed E-state index contributed by atoms with van der Waals surface area (Å²) in [6.07, 6.45) is 2.62. The van der Waals surface area contributed by atoms with Gasteiger partial charge in [0.1, 0.15) is 17.3 Å². The van der Waals surface area contributed by atoms with Crippen molar-refractivity contribution in [2.24, 2.45) is 0 Å². The predicted molar refractivity (Wildman–Crippen MR) is 90.4 cm³/mol. The lowest BCUT2D eigenvalue weighted by molar-refractivity contribution is 0.616. The van der Waals surface area contributed by atoms with E-state index in [4.69, 9.17) is 11.6 Å². The zero-order valence-electron chi connectivity index (χ0n) is 12.6. The lowest BCUT2D eigenvalue weighted by atomic mass is 10.2. The molecule has 0 aliphatic carbocycles. The van der Waals surface area contributed by atoms with Gasteiger partial charge >= 0.3 is 0 Å². The molecule has 0 spiro atoms. The van der Waals surface area contributed by atoms with Gasteiger partial charge in [-0.2, -0.15) is 0 Å². The number of benzene rings is 2. The Morgan fingerprint density at radius 2 is 1.91 bits per heavy atom. The monoisotopic (exact) mass is 327 g/mol. The van der Waals surface area contributed by atoms with Gasteiger partial charge in [0.15, 0.2) is 0 Å². The van der Waals surface area contributed by atoms with Gasteiger partial charge in [-0.15, -0.1) is 0 Å². The highest BCUT2D eigenvalue weighted by Crippen LogP contribution is 2.36. The SMILES string of the molecule is Cc1ncc2n1-c1c(F)cccc1N(c1ccc(Cl)cc1)CC2. The number of para-hydroxylation sites is 1. The van der Waals surface area contributed by atoms with Gasteiger partial charge in [-0.05, 0) is 43.3 Å². The highest BCUT2D eigenvalue weighted by atomic mass is 35.5. The van der Waals surface area contributed by atoms with E-state index in [0.717, 1.165) is 35.9 Å². The predicted octanol–water partition coefficient (Wildman–Crippen LogP) is 4.67. The molecular formula is C18H15ClFN3. The molecule has 1 aliphatic rings. The Hall–Kier alpha value is -2.33. The summed E-state index contributed by atoms with van der Waals surface area (Å²) >= 11 is 5.99. The number of imidazole rings is 1. The standard InChI is InChI=1S/C18H15ClFN3/c1-12-21-11-15-9-10-22(14-7-5-13(19)6-8-14)17-4-2-3-16(20)18(17)23(12)15/h2-8,11H,9-10H2,1H3. The van der Waals surface area contributed by atoms with E-state index in [1.54, 1.807) is 6.07 Å². The Kier molecular flexibility index (Phi) is 3.34. The van der Waals surface area contributed by atoms with E-state index in [1.165, 1.54) is 6.07 Å². The molecule has 116 valence electrons. The number of aryl methyl sites for hydroxylation is 1. The van der Waals surface area contributed by atoms with E-state index >= 15 is 0 Å². The lowest BCUT2D eigenvalue weighted by Gasteiger charge is -2.25. The second-order valence-electron chi connectivity index (χ2n) is 5.62. The van der Waals surface area contributed by atoms with Crippen LogP contribution in [0.3, 0.4) is 0 Å². The maximum atomic E-state index is 14.6. The Morgan fingerprint density at radius 1 is 1.13 bits per heavy atom. The molecule has 1 aromatic heterocycles. The normalized spacial score (nSPS) is 13.4. The summed E-state index contributed by atoms with van der Waals surface area (Å²) in [5.74, 6) is 0.551. The van der Waals surface area contributed by atoms with Gasteiger partial charge in [-0.1, -0.05) is 17.7 Å². The minimum atomic E-state index is -0.245. The van der Waals surface area contributed by atoms with Crippen molar-refractivity contribution in [1.29, 1.82) is 0 Å². The van der Waals surface area contributed by atoms with Gasteiger partial charge in [-0.3, -0.25) is 4.57 Å². The molecule has 23 heavy (non-hydrogen) atoms. The van der Waals surface area contributed by atoms with E-state index in [9.17, 15) is 4.39 Å². The molecule has 4 rings (SSSR count). The number of anilines is 2. The molecule has 0 N–H and O–H groups in total. The molecule has 0 radical (unpaired) electrons. The number of aromatic nitrogens is 2. The second kappa shape index (κ2) is 5.39. The summed E-state index contributed by atoms with van der Waals surface area (Å²) in [6.45, 7) is 2.65. The number of nitrogens with zero attached hydrogens (tertiary/aromatic N) is 3. The van der Waals surface area contributed by atoms with Gasteiger partial charge in [0, 0.05) is 35.6 Å². The van der Waals surface area contributed by atoms with Crippen LogP contribution in [0.15, 0.2) is 48.7 Å². The third kappa shape index (κ3) is 2.30. The fourth-order valence-electron chi connectivity index (χ4n) is 3.15. The molecule has 3 nitrogen and oxygen atoms in total. The maximum absolute atomic E-state index is 14.6. The molecule has 3 aromatic rings. The van der Waals surface area contributed by atoms with E-state index < -0.39 is 0 Å². The molecule has 2 heterocycles. The van der Waals surface area contributed by atoms with E-state index in [1.807, 2.05) is 48.0 Å². The summed E-state index contributed by atoms with van der Waals surface area (Å²) in [6, 6.07) is 12.8. The summed E-state index contributed by atoms with van der Waals surface area (Å²) in [7, 11) is 0. The van der Waals surface area contributed by atoms with Gasteiger partial charge in [0.05, 0.1) is 5.69 Å². The van der Waals surface area contributed by atoms with Crippen LogP contribution in [0.5, 0.6) is 0 Å². The lowest BCUT2D eigenvalue weighted by Crippen LogP contribution is -2.19. The molecule has 0 saturated carbocycles. The molecule has 2 aromatic carbocycles. The minimum Gasteiger partial charge on any atom is -0.339 e. The summed E-state index contributed by atoms with van der Waals surface area (Å²) in [5, 5.41) is 0.689. The number of halogens is 2. The summed E-state index contributed by atoms with van der Waals surface area (Å²) < 4.78 is 16.6. The fourth-order valence-corrected chi connectivity index (χ4v) is 3.28. The van der Waals surface area contributed by atoms with Gasteiger partial charge in [0.25, 0.3) is 0 Å². The number of hydrogen-bond donors (Lipinski definition) is 0. The third-order valence-corrected chi connectivity index (χ3v) is 4.47. The van der Waals surface area contributed by atoms with Crippen molar-refractivity contribution >= 4 is 23.0 Å². The van der Waals surface area contributed by atoms with Crippen LogP contribution in [0.25, 0.3) is 5.69 Å². The number of hydrogen-bond acceptors (Lipinski definition) is 2. The second-order valence-corrected chi connectivity index (χ2v) is 6.05. The van der Waals surface area contributed by atoms with E-state index in [0.29, 0.717) is 10.7 Å². The van der Waals surface area contributed by atoms with Gasteiger partial charge in [0.2, 0.25) is 0 Å². The first-order chi connectivity index (χ1) is 11.1. The van der Waals surface area contributed by atoms with Crippen molar-refractivity contribution in [2.75, 3.05) is 11.4 Å². The Balaban J connectivity index is 1.94. The van der Waals surface area contributed by atoms with Crippen molar-refractivity contribution in [3.05, 3.63) is 71.0 Å². The molecule has 5 heteroatoms. The van der Waals surface area contributed by atoms with Crippen LogP contribution >= 0.6 is 11.6 Å².